The zero-order chi connectivity index (χ0) is 19.7. The second-order valence-corrected chi connectivity index (χ2v) is 7.24. The molecular weight excluding hydrogens is 338 g/mol. The van der Waals surface area contributed by atoms with Crippen molar-refractivity contribution in [3.8, 4) is 0 Å². The molecule has 0 bridgehead atoms. The van der Waals surface area contributed by atoms with E-state index in [9.17, 15) is 0 Å². The van der Waals surface area contributed by atoms with Gasteiger partial charge in [0.2, 0.25) is 0 Å². The van der Waals surface area contributed by atoms with E-state index in [1.165, 1.54) is 16.7 Å². The molecule has 0 saturated heterocycles. The van der Waals surface area contributed by atoms with Crippen LogP contribution in [0.2, 0.25) is 0 Å². The van der Waals surface area contributed by atoms with Crippen molar-refractivity contribution in [1.82, 2.24) is 0 Å². The van der Waals surface area contributed by atoms with Gasteiger partial charge >= 0.3 is 0 Å². The summed E-state index contributed by atoms with van der Waals surface area (Å²) in [6.07, 6.45) is 7.13. The van der Waals surface area contributed by atoms with Gasteiger partial charge in [-0.3, -0.25) is 0 Å². The Balaban J connectivity index is 2.22. The third-order valence-corrected chi connectivity index (χ3v) is 5.47. The molecule has 0 radical (unpaired) electrons. The summed E-state index contributed by atoms with van der Waals surface area (Å²) in [5.41, 5.74) is 3.73. The Morgan fingerprint density at radius 3 is 1.57 bits per heavy atom. The van der Waals surface area contributed by atoms with Crippen molar-refractivity contribution in [2.75, 3.05) is 7.05 Å². The lowest BCUT2D eigenvalue weighted by molar-refractivity contribution is 0.466. The number of rotatable bonds is 9. The molecule has 1 heteroatoms. The van der Waals surface area contributed by atoms with E-state index in [0.29, 0.717) is 5.92 Å². The summed E-state index contributed by atoms with van der Waals surface area (Å²) < 4.78 is 0. The van der Waals surface area contributed by atoms with Crippen molar-refractivity contribution in [1.29, 1.82) is 0 Å². The van der Waals surface area contributed by atoms with Gasteiger partial charge in [-0.15, -0.1) is 6.58 Å². The van der Waals surface area contributed by atoms with Gasteiger partial charge in [-0.1, -0.05) is 97.1 Å². The Kier molecular flexibility index (Phi) is 6.97. The Morgan fingerprint density at radius 2 is 1.21 bits per heavy atom. The average molecular weight is 368 g/mol. The minimum atomic E-state index is -0.225. The molecule has 1 nitrogen and oxygen atoms in total. The molecule has 28 heavy (non-hydrogen) atoms. The van der Waals surface area contributed by atoms with Crippen LogP contribution >= 0.6 is 0 Å². The Labute approximate surface area is 169 Å². The maximum Gasteiger partial charge on any atom is 0.0457 e. The molecule has 0 amide bonds. The summed E-state index contributed by atoms with van der Waals surface area (Å²) in [5.74, 6) is 0.364. The standard InChI is InChI=1S/C27H29N/c1-3-4-14-23(22-28-2)21-27(24-15-8-5-9-16-24,25-17-10-6-11-18-25)26-19-12-7-13-20-26/h3,5-13,15-20,22-23H,1,4,14,21H2,2H3. The molecule has 3 aromatic rings. The highest BCUT2D eigenvalue weighted by Crippen LogP contribution is 2.44. The Morgan fingerprint density at radius 1 is 0.786 bits per heavy atom. The molecule has 3 aromatic carbocycles. The van der Waals surface area contributed by atoms with Crippen LogP contribution in [0.15, 0.2) is 109 Å². The first-order valence-electron chi connectivity index (χ1n) is 10.0. The first kappa shape index (κ1) is 19.8. The van der Waals surface area contributed by atoms with Crippen LogP contribution in [0.3, 0.4) is 0 Å². The normalized spacial score (nSPS) is 12.8. The molecule has 0 heterocycles. The summed E-state index contributed by atoms with van der Waals surface area (Å²) in [6, 6.07) is 32.7. The van der Waals surface area contributed by atoms with Crippen LogP contribution < -0.4 is 0 Å². The molecule has 0 aliphatic carbocycles. The average Bonchev–Trinajstić information content (AvgIpc) is 2.77. The van der Waals surface area contributed by atoms with Crippen molar-refractivity contribution < 1.29 is 0 Å². The molecular formula is C27H29N. The van der Waals surface area contributed by atoms with E-state index in [1.54, 1.807) is 0 Å². The molecule has 1 unspecified atom stereocenters. The van der Waals surface area contributed by atoms with E-state index < -0.39 is 0 Å². The van der Waals surface area contributed by atoms with E-state index in [0.717, 1.165) is 19.3 Å². The third kappa shape index (κ3) is 4.31. The summed E-state index contributed by atoms with van der Waals surface area (Å²) in [4.78, 5) is 4.39. The molecule has 0 N–H and O–H groups in total. The van der Waals surface area contributed by atoms with E-state index in [2.05, 4.69) is 109 Å². The third-order valence-electron chi connectivity index (χ3n) is 5.47. The van der Waals surface area contributed by atoms with Gasteiger partial charge < -0.3 is 4.99 Å². The predicted molar refractivity (Wildman–Crippen MR) is 121 cm³/mol. The van der Waals surface area contributed by atoms with Crippen LogP contribution in [0.25, 0.3) is 0 Å². The predicted octanol–water partition coefficient (Wildman–Crippen LogP) is 6.69. The van der Waals surface area contributed by atoms with Crippen LogP contribution in [0.1, 0.15) is 36.0 Å². The van der Waals surface area contributed by atoms with Gasteiger partial charge in [0.15, 0.2) is 0 Å². The Hall–Kier alpha value is -2.93. The number of benzene rings is 3. The van der Waals surface area contributed by atoms with Gasteiger partial charge in [0, 0.05) is 18.7 Å². The lowest BCUT2D eigenvalue weighted by Gasteiger charge is -2.38. The van der Waals surface area contributed by atoms with Gasteiger partial charge in [-0.2, -0.15) is 0 Å². The van der Waals surface area contributed by atoms with Crippen LogP contribution in [0.4, 0.5) is 0 Å². The molecule has 0 aromatic heterocycles. The molecule has 3 rings (SSSR count). The van der Waals surface area contributed by atoms with E-state index in [1.807, 2.05) is 13.1 Å². The number of hydrogen-bond acceptors (Lipinski definition) is 1. The second kappa shape index (κ2) is 9.85. The zero-order valence-electron chi connectivity index (χ0n) is 16.7. The highest BCUT2D eigenvalue weighted by molar-refractivity contribution is 5.62. The minimum absolute atomic E-state index is 0.225. The van der Waals surface area contributed by atoms with E-state index >= 15 is 0 Å². The fourth-order valence-electron chi connectivity index (χ4n) is 4.19. The molecule has 1 atom stereocenters. The van der Waals surface area contributed by atoms with Crippen LogP contribution in [0.5, 0.6) is 0 Å². The number of allylic oxidation sites excluding steroid dienone is 1. The fraction of sp³-hybridized carbons (Fsp3) is 0.222. The van der Waals surface area contributed by atoms with Crippen molar-refractivity contribution in [3.05, 3.63) is 120 Å². The first-order chi connectivity index (χ1) is 13.8. The van der Waals surface area contributed by atoms with Crippen LogP contribution in [0, 0.1) is 5.92 Å². The topological polar surface area (TPSA) is 12.4 Å². The Bertz CT molecular complexity index is 769. The first-order valence-corrected chi connectivity index (χ1v) is 10.0. The van der Waals surface area contributed by atoms with Gasteiger partial charge in [0.25, 0.3) is 0 Å². The molecule has 0 aliphatic heterocycles. The second-order valence-electron chi connectivity index (χ2n) is 7.24. The number of nitrogens with zero attached hydrogens (tertiary/aromatic N) is 1. The minimum Gasteiger partial charge on any atom is -0.301 e. The van der Waals surface area contributed by atoms with Crippen LogP contribution in [-0.2, 0) is 5.41 Å². The molecule has 0 fully saturated rings. The molecule has 0 saturated carbocycles. The lowest BCUT2D eigenvalue weighted by Crippen LogP contribution is -2.32. The number of aliphatic imine (C=N–C) groups is 1. The van der Waals surface area contributed by atoms with Crippen molar-refractivity contribution in [2.24, 2.45) is 10.9 Å². The highest BCUT2D eigenvalue weighted by atomic mass is 14.6. The summed E-state index contributed by atoms with van der Waals surface area (Å²) in [5, 5.41) is 0. The summed E-state index contributed by atoms with van der Waals surface area (Å²) in [7, 11) is 1.87. The maximum atomic E-state index is 4.39. The molecule has 0 spiro atoms. The van der Waals surface area contributed by atoms with Crippen molar-refractivity contribution >= 4 is 6.21 Å². The van der Waals surface area contributed by atoms with Gasteiger partial charge in [-0.05, 0) is 41.9 Å². The van der Waals surface area contributed by atoms with Gasteiger partial charge in [-0.25, -0.2) is 0 Å². The van der Waals surface area contributed by atoms with E-state index in [4.69, 9.17) is 0 Å². The maximum absolute atomic E-state index is 4.39. The lowest BCUT2D eigenvalue weighted by atomic mass is 9.64. The smallest absolute Gasteiger partial charge is 0.0457 e. The van der Waals surface area contributed by atoms with E-state index in [-0.39, 0.29) is 5.41 Å². The van der Waals surface area contributed by atoms with Gasteiger partial charge in [0.05, 0.1) is 0 Å². The quantitative estimate of drug-likeness (QED) is 0.227. The number of hydrogen-bond donors (Lipinski definition) is 0. The van der Waals surface area contributed by atoms with Crippen molar-refractivity contribution in [3.63, 3.8) is 0 Å². The highest BCUT2D eigenvalue weighted by Gasteiger charge is 2.37. The fourth-order valence-corrected chi connectivity index (χ4v) is 4.19. The van der Waals surface area contributed by atoms with Gasteiger partial charge in [0.1, 0.15) is 0 Å². The monoisotopic (exact) mass is 367 g/mol. The molecule has 0 aliphatic rings. The summed E-state index contributed by atoms with van der Waals surface area (Å²) in [6.45, 7) is 3.92. The SMILES string of the molecule is C=CCCC(C=NC)CC(c1ccccc1)(c1ccccc1)c1ccccc1. The largest absolute Gasteiger partial charge is 0.301 e. The van der Waals surface area contributed by atoms with Crippen LogP contribution in [-0.4, -0.2) is 13.3 Å². The summed E-state index contributed by atoms with van der Waals surface area (Å²) >= 11 is 0. The zero-order valence-corrected chi connectivity index (χ0v) is 16.7. The molecule has 142 valence electrons. The van der Waals surface area contributed by atoms with Crippen molar-refractivity contribution in [2.45, 2.75) is 24.7 Å².